The van der Waals surface area contributed by atoms with Gasteiger partial charge in [0.2, 0.25) is 0 Å². The summed E-state index contributed by atoms with van der Waals surface area (Å²) in [5, 5.41) is 1.33. The molecule has 2 aromatic carbocycles. The van der Waals surface area contributed by atoms with Crippen molar-refractivity contribution in [1.82, 2.24) is 0 Å². The van der Waals surface area contributed by atoms with Crippen LogP contribution in [-0.4, -0.2) is 12.7 Å². The fourth-order valence-corrected chi connectivity index (χ4v) is 1.99. The van der Waals surface area contributed by atoms with Crippen LogP contribution in [0.5, 0.6) is 5.75 Å². The average Bonchev–Trinajstić information content (AvgIpc) is 2.55. The molecule has 0 spiro atoms. The van der Waals surface area contributed by atoms with Crippen molar-refractivity contribution in [2.24, 2.45) is 5.84 Å². The van der Waals surface area contributed by atoms with Crippen LogP contribution < -0.4 is 15.6 Å². The largest absolute Gasteiger partial charge is 0.489 e. The van der Waals surface area contributed by atoms with Gasteiger partial charge in [-0.05, 0) is 49.4 Å². The summed E-state index contributed by atoms with van der Waals surface area (Å²) in [6.07, 6.45) is -0.646. The third-order valence-corrected chi connectivity index (χ3v) is 3.35. The normalized spacial score (nSPS) is 10.3. The van der Waals surface area contributed by atoms with Crippen molar-refractivity contribution in [3.05, 3.63) is 58.9 Å². The predicted molar refractivity (Wildman–Crippen MR) is 85.9 cm³/mol. The maximum Gasteiger partial charge on any atom is 0.428 e. The molecule has 0 unspecified atom stereocenters. The van der Waals surface area contributed by atoms with E-state index in [0.717, 1.165) is 5.01 Å². The summed E-state index contributed by atoms with van der Waals surface area (Å²) in [5.74, 6) is 5.79. The van der Waals surface area contributed by atoms with Crippen molar-refractivity contribution in [1.29, 1.82) is 0 Å². The lowest BCUT2D eigenvalue weighted by Gasteiger charge is -2.16. The Morgan fingerprint density at radius 2 is 1.96 bits per heavy atom. The average molecular weight is 339 g/mol. The van der Waals surface area contributed by atoms with Crippen LogP contribution in [0.1, 0.15) is 12.5 Å². The van der Waals surface area contributed by atoms with E-state index in [9.17, 15) is 9.18 Å². The summed E-state index contributed by atoms with van der Waals surface area (Å²) in [4.78, 5) is 11.5. The molecule has 0 aliphatic heterocycles. The first-order valence-electron chi connectivity index (χ1n) is 6.89. The van der Waals surface area contributed by atoms with Gasteiger partial charge in [-0.2, -0.15) is 0 Å². The summed E-state index contributed by atoms with van der Waals surface area (Å²) < 4.78 is 23.5. The molecule has 0 bridgehead atoms. The molecule has 0 aliphatic rings. The highest BCUT2D eigenvalue weighted by atomic mass is 35.5. The summed E-state index contributed by atoms with van der Waals surface area (Å²) in [6, 6.07) is 10.6. The van der Waals surface area contributed by atoms with E-state index in [1.807, 2.05) is 0 Å². The summed E-state index contributed by atoms with van der Waals surface area (Å²) in [7, 11) is 0. The number of hydrogen-bond acceptors (Lipinski definition) is 4. The zero-order valence-electron chi connectivity index (χ0n) is 12.5. The third-order valence-electron chi connectivity index (χ3n) is 2.98. The van der Waals surface area contributed by atoms with Gasteiger partial charge in [-0.3, -0.25) is 0 Å². The molecule has 0 heterocycles. The maximum atomic E-state index is 13.2. The highest BCUT2D eigenvalue weighted by Crippen LogP contribution is 2.22. The second-order valence-corrected chi connectivity index (χ2v) is 4.99. The molecule has 0 saturated heterocycles. The molecular formula is C16H16ClFN2O3. The molecule has 0 aliphatic carbocycles. The molecule has 0 aromatic heterocycles. The lowest BCUT2D eigenvalue weighted by molar-refractivity contribution is 0.160. The number of ether oxygens (including phenoxy) is 2. The SMILES string of the molecule is CCOC(=O)N(N)c1ccc(OCc2cc(F)ccc2Cl)cc1. The number of hydrazine groups is 1. The number of hydrogen-bond donors (Lipinski definition) is 1. The Morgan fingerprint density at radius 1 is 1.26 bits per heavy atom. The highest BCUT2D eigenvalue weighted by molar-refractivity contribution is 6.31. The first kappa shape index (κ1) is 17.1. The van der Waals surface area contributed by atoms with Crippen molar-refractivity contribution in [3.63, 3.8) is 0 Å². The first-order valence-corrected chi connectivity index (χ1v) is 7.27. The molecule has 5 nitrogen and oxygen atoms in total. The Hall–Kier alpha value is -2.31. The third kappa shape index (κ3) is 4.58. The maximum absolute atomic E-state index is 13.2. The molecular weight excluding hydrogens is 323 g/mol. The highest BCUT2D eigenvalue weighted by Gasteiger charge is 2.12. The van der Waals surface area contributed by atoms with E-state index >= 15 is 0 Å². The van der Waals surface area contributed by atoms with E-state index < -0.39 is 6.09 Å². The van der Waals surface area contributed by atoms with Crippen molar-refractivity contribution >= 4 is 23.4 Å². The van der Waals surface area contributed by atoms with Crippen LogP contribution in [0.4, 0.5) is 14.9 Å². The van der Waals surface area contributed by atoms with Gasteiger partial charge in [-0.15, -0.1) is 0 Å². The minimum atomic E-state index is -0.646. The Balaban J connectivity index is 2.00. The van der Waals surface area contributed by atoms with E-state index in [-0.39, 0.29) is 19.0 Å². The van der Waals surface area contributed by atoms with Gasteiger partial charge in [0.05, 0.1) is 12.3 Å². The molecule has 122 valence electrons. The van der Waals surface area contributed by atoms with Crippen LogP contribution in [-0.2, 0) is 11.3 Å². The second-order valence-electron chi connectivity index (χ2n) is 4.59. The van der Waals surface area contributed by atoms with Crippen LogP contribution in [0.2, 0.25) is 5.02 Å². The summed E-state index contributed by atoms with van der Waals surface area (Å²) in [6.45, 7) is 2.06. The number of anilines is 1. The molecule has 2 rings (SSSR count). The lowest BCUT2D eigenvalue weighted by Crippen LogP contribution is -2.37. The van der Waals surface area contributed by atoms with E-state index in [0.29, 0.717) is 22.0 Å². The Morgan fingerprint density at radius 3 is 2.61 bits per heavy atom. The predicted octanol–water partition coefficient (Wildman–Crippen LogP) is 3.89. The number of carbonyl (C=O) groups excluding carboxylic acids is 1. The van der Waals surface area contributed by atoms with Crippen LogP contribution in [0.25, 0.3) is 0 Å². The van der Waals surface area contributed by atoms with Crippen LogP contribution in [0, 0.1) is 5.82 Å². The zero-order valence-corrected chi connectivity index (χ0v) is 13.2. The minimum Gasteiger partial charge on any atom is -0.489 e. The summed E-state index contributed by atoms with van der Waals surface area (Å²) in [5.41, 5.74) is 1.00. The van der Waals surface area contributed by atoms with Crippen molar-refractivity contribution in [2.75, 3.05) is 11.6 Å². The lowest BCUT2D eigenvalue weighted by atomic mass is 10.2. The molecule has 23 heavy (non-hydrogen) atoms. The molecule has 1 amide bonds. The summed E-state index contributed by atoms with van der Waals surface area (Å²) >= 11 is 5.97. The van der Waals surface area contributed by atoms with Gasteiger partial charge >= 0.3 is 6.09 Å². The Bertz CT molecular complexity index is 680. The molecule has 0 saturated carbocycles. The number of halogens is 2. The standard InChI is InChI=1S/C16H16ClFN2O3/c1-2-22-16(21)20(19)13-4-6-14(7-5-13)23-10-11-9-12(18)3-8-15(11)17/h3-9H,2,10,19H2,1H3. The van der Waals surface area contributed by atoms with E-state index in [1.54, 1.807) is 31.2 Å². The molecule has 7 heteroatoms. The van der Waals surface area contributed by atoms with Crippen LogP contribution in [0.15, 0.2) is 42.5 Å². The van der Waals surface area contributed by atoms with E-state index in [1.165, 1.54) is 18.2 Å². The molecule has 0 atom stereocenters. The number of rotatable bonds is 5. The van der Waals surface area contributed by atoms with Gasteiger partial charge < -0.3 is 9.47 Å². The number of nitrogens with zero attached hydrogens (tertiary/aromatic N) is 1. The van der Waals surface area contributed by atoms with Crippen LogP contribution in [0.3, 0.4) is 0 Å². The van der Waals surface area contributed by atoms with Gasteiger partial charge in [0, 0.05) is 10.6 Å². The molecule has 0 fully saturated rings. The van der Waals surface area contributed by atoms with Gasteiger partial charge in [0.1, 0.15) is 18.2 Å². The monoisotopic (exact) mass is 338 g/mol. The van der Waals surface area contributed by atoms with Crippen molar-refractivity contribution in [2.45, 2.75) is 13.5 Å². The quantitative estimate of drug-likeness (QED) is 0.510. The van der Waals surface area contributed by atoms with Crippen molar-refractivity contribution in [3.8, 4) is 5.75 Å². The van der Waals surface area contributed by atoms with Gasteiger partial charge in [0.25, 0.3) is 0 Å². The number of carbonyl (C=O) groups is 1. The van der Waals surface area contributed by atoms with Crippen LogP contribution >= 0.6 is 11.6 Å². The Labute approximate surface area is 138 Å². The van der Waals surface area contributed by atoms with Gasteiger partial charge in [-0.1, -0.05) is 11.6 Å². The van der Waals surface area contributed by atoms with E-state index in [2.05, 4.69) is 0 Å². The molecule has 2 N–H and O–H groups in total. The van der Waals surface area contributed by atoms with Gasteiger partial charge in [0.15, 0.2) is 0 Å². The fraction of sp³-hybridized carbons (Fsp3) is 0.188. The molecule has 2 aromatic rings. The topological polar surface area (TPSA) is 64.8 Å². The number of benzene rings is 2. The number of nitrogens with two attached hydrogens (primary N) is 1. The minimum absolute atomic E-state index is 0.125. The first-order chi connectivity index (χ1) is 11.0. The molecule has 0 radical (unpaired) electrons. The van der Waals surface area contributed by atoms with E-state index in [4.69, 9.17) is 26.9 Å². The Kier molecular flexibility index (Phi) is 5.78. The number of amides is 1. The zero-order chi connectivity index (χ0) is 16.8. The smallest absolute Gasteiger partial charge is 0.428 e. The second kappa shape index (κ2) is 7.80. The van der Waals surface area contributed by atoms with Crippen molar-refractivity contribution < 1.29 is 18.7 Å². The fourth-order valence-electron chi connectivity index (χ4n) is 1.82. The van der Waals surface area contributed by atoms with Gasteiger partial charge in [-0.25, -0.2) is 20.0 Å².